The van der Waals surface area contributed by atoms with E-state index in [1.807, 2.05) is 31.2 Å². The number of rotatable bonds is 4. The molecule has 0 bridgehead atoms. The van der Waals surface area contributed by atoms with Crippen LogP contribution in [0.5, 0.6) is 5.88 Å². The topological polar surface area (TPSA) is 61.0 Å². The quantitative estimate of drug-likeness (QED) is 0.936. The van der Waals surface area contributed by atoms with Crippen LogP contribution in [0.3, 0.4) is 0 Å². The Morgan fingerprint density at radius 3 is 2.85 bits per heavy atom. The number of hydrogen-bond donors (Lipinski definition) is 1. The highest BCUT2D eigenvalue weighted by atomic mass is 35.5. The monoisotopic (exact) mass is 289 g/mol. The first-order valence-electron chi connectivity index (χ1n) is 6.64. The van der Waals surface area contributed by atoms with Crippen LogP contribution in [0.15, 0.2) is 24.3 Å². The fourth-order valence-electron chi connectivity index (χ4n) is 1.97. The first-order chi connectivity index (χ1) is 9.63. The molecule has 0 atom stereocenters. The van der Waals surface area contributed by atoms with Crippen LogP contribution >= 0.6 is 11.6 Å². The number of aromatic nitrogens is 2. The third-order valence-electron chi connectivity index (χ3n) is 3.36. The summed E-state index contributed by atoms with van der Waals surface area (Å²) in [5.41, 5.74) is 7.72. The van der Waals surface area contributed by atoms with E-state index in [4.69, 9.17) is 22.1 Å². The maximum Gasteiger partial charge on any atom is 0.222 e. The minimum Gasteiger partial charge on any atom is -0.472 e. The lowest BCUT2D eigenvalue weighted by Crippen LogP contribution is -2.06. The van der Waals surface area contributed by atoms with Crippen molar-refractivity contribution in [3.8, 4) is 5.88 Å². The van der Waals surface area contributed by atoms with Gasteiger partial charge in [0, 0.05) is 10.9 Å². The van der Waals surface area contributed by atoms with E-state index in [1.165, 1.54) is 0 Å². The molecule has 0 saturated heterocycles. The molecule has 1 fully saturated rings. The van der Waals surface area contributed by atoms with Crippen LogP contribution in [0.1, 0.15) is 35.7 Å². The minimum absolute atomic E-state index is 0.419. The molecular weight excluding hydrogens is 274 g/mol. The van der Waals surface area contributed by atoms with E-state index in [-0.39, 0.29) is 0 Å². The summed E-state index contributed by atoms with van der Waals surface area (Å²) in [6.07, 6.45) is 2.27. The second kappa shape index (κ2) is 5.29. The zero-order valence-electron chi connectivity index (χ0n) is 11.3. The molecule has 0 radical (unpaired) electrons. The Morgan fingerprint density at radius 1 is 1.35 bits per heavy atom. The summed E-state index contributed by atoms with van der Waals surface area (Å²) < 4.78 is 5.79. The molecule has 4 nitrogen and oxygen atoms in total. The molecule has 1 aromatic carbocycles. The molecule has 1 aliphatic carbocycles. The van der Waals surface area contributed by atoms with Crippen LogP contribution < -0.4 is 10.5 Å². The van der Waals surface area contributed by atoms with Crippen LogP contribution in [0.25, 0.3) is 0 Å². The van der Waals surface area contributed by atoms with Gasteiger partial charge in [0.15, 0.2) is 0 Å². The summed E-state index contributed by atoms with van der Waals surface area (Å²) in [6.45, 7) is 2.29. The van der Waals surface area contributed by atoms with E-state index in [9.17, 15) is 0 Å². The summed E-state index contributed by atoms with van der Waals surface area (Å²) in [5.74, 6) is 2.32. The molecule has 0 aliphatic heterocycles. The zero-order valence-corrected chi connectivity index (χ0v) is 12.0. The SMILES string of the molecule is Cc1c(N)nc(C2CC2)nc1OCc1cccc(Cl)c1. The molecule has 2 aromatic rings. The number of nitrogens with two attached hydrogens (primary N) is 1. The molecule has 3 rings (SSSR count). The third kappa shape index (κ3) is 2.85. The summed E-state index contributed by atoms with van der Waals surface area (Å²) in [4.78, 5) is 8.82. The molecule has 2 N–H and O–H groups in total. The lowest BCUT2D eigenvalue weighted by Gasteiger charge is -2.11. The molecule has 1 heterocycles. The Balaban J connectivity index is 1.79. The highest BCUT2D eigenvalue weighted by Gasteiger charge is 2.28. The lowest BCUT2D eigenvalue weighted by molar-refractivity contribution is 0.290. The molecule has 0 spiro atoms. The number of nitrogens with zero attached hydrogens (tertiary/aromatic N) is 2. The predicted octanol–water partition coefficient (Wildman–Crippen LogP) is 3.48. The molecule has 20 heavy (non-hydrogen) atoms. The molecule has 104 valence electrons. The van der Waals surface area contributed by atoms with Gasteiger partial charge >= 0.3 is 0 Å². The second-order valence-corrected chi connectivity index (χ2v) is 5.53. The Labute approximate surface area is 123 Å². The summed E-state index contributed by atoms with van der Waals surface area (Å²) in [5, 5.41) is 0.698. The normalized spacial score (nSPS) is 14.3. The van der Waals surface area contributed by atoms with E-state index in [0.29, 0.717) is 29.2 Å². The lowest BCUT2D eigenvalue weighted by atomic mass is 10.2. The minimum atomic E-state index is 0.419. The number of anilines is 1. The maximum absolute atomic E-state index is 5.96. The van der Waals surface area contributed by atoms with Crippen LogP contribution in [-0.4, -0.2) is 9.97 Å². The number of benzene rings is 1. The smallest absolute Gasteiger partial charge is 0.222 e. The van der Waals surface area contributed by atoms with Gasteiger partial charge in [-0.2, -0.15) is 4.98 Å². The van der Waals surface area contributed by atoms with E-state index in [0.717, 1.165) is 29.8 Å². The van der Waals surface area contributed by atoms with Crippen molar-refractivity contribution in [2.45, 2.75) is 32.3 Å². The molecule has 0 unspecified atom stereocenters. The van der Waals surface area contributed by atoms with Crippen molar-refractivity contribution in [1.82, 2.24) is 9.97 Å². The van der Waals surface area contributed by atoms with E-state index < -0.39 is 0 Å². The Hall–Kier alpha value is -1.81. The molecule has 1 aliphatic rings. The Kier molecular flexibility index (Phi) is 3.49. The van der Waals surface area contributed by atoms with Gasteiger partial charge < -0.3 is 10.5 Å². The molecule has 1 aromatic heterocycles. The maximum atomic E-state index is 5.96. The summed E-state index contributed by atoms with van der Waals surface area (Å²) in [6, 6.07) is 7.58. The summed E-state index contributed by atoms with van der Waals surface area (Å²) >= 11 is 5.96. The van der Waals surface area contributed by atoms with E-state index in [2.05, 4.69) is 9.97 Å². The van der Waals surface area contributed by atoms with E-state index in [1.54, 1.807) is 0 Å². The first-order valence-corrected chi connectivity index (χ1v) is 7.02. The van der Waals surface area contributed by atoms with Crippen molar-refractivity contribution in [2.24, 2.45) is 0 Å². The van der Waals surface area contributed by atoms with Crippen molar-refractivity contribution in [3.05, 3.63) is 46.2 Å². The first kappa shape index (κ1) is 13.2. The molecule has 1 saturated carbocycles. The van der Waals surface area contributed by atoms with Gasteiger partial charge in [-0.3, -0.25) is 0 Å². The number of ether oxygens (including phenoxy) is 1. The van der Waals surface area contributed by atoms with Crippen molar-refractivity contribution in [2.75, 3.05) is 5.73 Å². The highest BCUT2D eigenvalue weighted by molar-refractivity contribution is 6.30. The van der Waals surface area contributed by atoms with Crippen molar-refractivity contribution in [3.63, 3.8) is 0 Å². The predicted molar refractivity (Wildman–Crippen MR) is 78.9 cm³/mol. The molecular formula is C15H16ClN3O. The average Bonchev–Trinajstić information content (AvgIpc) is 3.25. The number of nitrogen functional groups attached to an aromatic ring is 1. The highest BCUT2D eigenvalue weighted by Crippen LogP contribution is 2.39. The fraction of sp³-hybridized carbons (Fsp3) is 0.333. The van der Waals surface area contributed by atoms with Gasteiger partial charge in [-0.15, -0.1) is 0 Å². The van der Waals surface area contributed by atoms with E-state index >= 15 is 0 Å². The van der Waals surface area contributed by atoms with Crippen LogP contribution in [0.2, 0.25) is 5.02 Å². The van der Waals surface area contributed by atoms with Gasteiger partial charge in [0.05, 0.1) is 5.56 Å². The van der Waals surface area contributed by atoms with Gasteiger partial charge in [-0.1, -0.05) is 23.7 Å². The van der Waals surface area contributed by atoms with Crippen molar-refractivity contribution in [1.29, 1.82) is 0 Å². The van der Waals surface area contributed by atoms with Gasteiger partial charge in [0.2, 0.25) is 5.88 Å². The largest absolute Gasteiger partial charge is 0.472 e. The third-order valence-corrected chi connectivity index (χ3v) is 3.60. The number of halogens is 1. The number of hydrogen-bond acceptors (Lipinski definition) is 4. The van der Waals surface area contributed by atoms with Gasteiger partial charge in [0.25, 0.3) is 0 Å². The summed E-state index contributed by atoms with van der Waals surface area (Å²) in [7, 11) is 0. The molecule has 0 amide bonds. The van der Waals surface area contributed by atoms with Crippen LogP contribution in [0.4, 0.5) is 5.82 Å². The molecule has 5 heteroatoms. The van der Waals surface area contributed by atoms with Crippen LogP contribution in [0, 0.1) is 6.92 Å². The van der Waals surface area contributed by atoms with Crippen molar-refractivity contribution < 1.29 is 4.74 Å². The van der Waals surface area contributed by atoms with Crippen LogP contribution in [-0.2, 0) is 6.61 Å². The Morgan fingerprint density at radius 2 is 2.15 bits per heavy atom. The van der Waals surface area contributed by atoms with Crippen molar-refractivity contribution >= 4 is 17.4 Å². The standard InChI is InChI=1S/C15H16ClN3O/c1-9-13(17)18-14(11-5-6-11)19-15(9)20-8-10-3-2-4-12(16)7-10/h2-4,7,11H,5-6,8H2,1H3,(H2,17,18,19). The van der Waals surface area contributed by atoms with Gasteiger partial charge in [0.1, 0.15) is 18.2 Å². The Bertz CT molecular complexity index is 641. The van der Waals surface area contributed by atoms with Gasteiger partial charge in [-0.05, 0) is 37.5 Å². The average molecular weight is 290 g/mol. The fourth-order valence-corrected chi connectivity index (χ4v) is 2.19. The second-order valence-electron chi connectivity index (χ2n) is 5.09. The van der Waals surface area contributed by atoms with Gasteiger partial charge in [-0.25, -0.2) is 4.98 Å². The zero-order chi connectivity index (χ0) is 14.1.